The Morgan fingerprint density at radius 3 is 2.89 bits per heavy atom. The molecule has 0 aliphatic carbocycles. The third-order valence-corrected chi connectivity index (χ3v) is 5.03. The van der Waals surface area contributed by atoms with E-state index in [0.29, 0.717) is 16.6 Å². The molecule has 1 aromatic heterocycles. The molecular weight excluding hydrogens is 370 g/mol. The topological polar surface area (TPSA) is 97.8 Å². The van der Waals surface area contributed by atoms with Crippen molar-refractivity contribution in [3.63, 3.8) is 0 Å². The standard InChI is InChI=1S/C18H19N3O5S/c1-10-17(20-18(27-10)19-14(22)6-7-16(24)25-3)11-4-5-13-12(8-11)21(2)15(23)9-26-13/h4-5,8H,6-7,9H2,1-3H3,(H,19,20,22). The second-order valence-corrected chi connectivity index (χ2v) is 7.18. The number of anilines is 2. The average Bonchev–Trinajstić information content (AvgIpc) is 3.02. The molecule has 0 saturated heterocycles. The fraction of sp³-hybridized carbons (Fsp3) is 0.333. The van der Waals surface area contributed by atoms with E-state index < -0.39 is 5.97 Å². The number of nitrogens with zero attached hydrogens (tertiary/aromatic N) is 2. The van der Waals surface area contributed by atoms with Gasteiger partial charge in [0.1, 0.15) is 5.75 Å². The van der Waals surface area contributed by atoms with Crippen LogP contribution in [0.3, 0.4) is 0 Å². The number of methoxy groups -OCH3 is 1. The minimum absolute atomic E-state index is 0.0186. The summed E-state index contributed by atoms with van der Waals surface area (Å²) in [4.78, 5) is 41.9. The van der Waals surface area contributed by atoms with E-state index >= 15 is 0 Å². The first kappa shape index (κ1) is 18.8. The van der Waals surface area contributed by atoms with Gasteiger partial charge in [-0.1, -0.05) is 0 Å². The molecule has 2 heterocycles. The van der Waals surface area contributed by atoms with Crippen molar-refractivity contribution in [3.8, 4) is 17.0 Å². The molecule has 1 N–H and O–H groups in total. The summed E-state index contributed by atoms with van der Waals surface area (Å²) in [6.45, 7) is 1.93. The number of aromatic nitrogens is 1. The van der Waals surface area contributed by atoms with Crippen LogP contribution >= 0.6 is 11.3 Å². The first-order valence-corrected chi connectivity index (χ1v) is 9.08. The summed E-state index contributed by atoms with van der Waals surface area (Å²) in [6, 6.07) is 5.52. The second-order valence-electron chi connectivity index (χ2n) is 5.97. The van der Waals surface area contributed by atoms with Crippen LogP contribution < -0.4 is 15.0 Å². The molecule has 3 rings (SSSR count). The zero-order valence-electron chi connectivity index (χ0n) is 15.2. The molecule has 27 heavy (non-hydrogen) atoms. The highest BCUT2D eigenvalue weighted by Crippen LogP contribution is 2.37. The second kappa shape index (κ2) is 7.75. The largest absolute Gasteiger partial charge is 0.482 e. The monoisotopic (exact) mass is 389 g/mol. The molecule has 0 bridgehead atoms. The highest BCUT2D eigenvalue weighted by Gasteiger charge is 2.23. The van der Waals surface area contributed by atoms with Crippen molar-refractivity contribution >= 4 is 39.9 Å². The van der Waals surface area contributed by atoms with Crippen molar-refractivity contribution in [2.75, 3.05) is 31.0 Å². The van der Waals surface area contributed by atoms with Gasteiger partial charge in [-0.25, -0.2) is 4.98 Å². The number of fused-ring (bicyclic) bond motifs is 1. The molecule has 1 aliphatic rings. The van der Waals surface area contributed by atoms with E-state index in [1.807, 2.05) is 19.1 Å². The van der Waals surface area contributed by atoms with Gasteiger partial charge < -0.3 is 19.7 Å². The summed E-state index contributed by atoms with van der Waals surface area (Å²) in [6.07, 6.45) is 0.0501. The smallest absolute Gasteiger partial charge is 0.306 e. The third-order valence-electron chi connectivity index (χ3n) is 4.15. The zero-order chi connectivity index (χ0) is 19.6. The molecule has 1 aliphatic heterocycles. The Hall–Kier alpha value is -2.94. The SMILES string of the molecule is COC(=O)CCC(=O)Nc1nc(-c2ccc3c(c2)N(C)C(=O)CO3)c(C)s1. The quantitative estimate of drug-likeness (QED) is 0.789. The minimum atomic E-state index is -0.434. The zero-order valence-corrected chi connectivity index (χ0v) is 16.0. The number of esters is 1. The lowest BCUT2D eigenvalue weighted by atomic mass is 10.1. The van der Waals surface area contributed by atoms with E-state index in [9.17, 15) is 14.4 Å². The Morgan fingerprint density at radius 2 is 2.15 bits per heavy atom. The van der Waals surface area contributed by atoms with Crippen LogP contribution in [0.1, 0.15) is 17.7 Å². The number of carbonyl (C=O) groups is 3. The van der Waals surface area contributed by atoms with E-state index in [-0.39, 0.29) is 31.3 Å². The number of carbonyl (C=O) groups excluding carboxylic acids is 3. The van der Waals surface area contributed by atoms with Crippen molar-refractivity contribution in [3.05, 3.63) is 23.1 Å². The predicted octanol–water partition coefficient (Wildman–Crippen LogP) is 2.37. The fourth-order valence-corrected chi connectivity index (χ4v) is 3.49. The van der Waals surface area contributed by atoms with Crippen LogP contribution in [0.2, 0.25) is 0 Å². The number of hydrogen-bond acceptors (Lipinski definition) is 7. The number of amides is 2. The van der Waals surface area contributed by atoms with Crippen LogP contribution in [0.4, 0.5) is 10.8 Å². The highest BCUT2D eigenvalue weighted by atomic mass is 32.1. The van der Waals surface area contributed by atoms with Gasteiger partial charge in [-0.3, -0.25) is 14.4 Å². The lowest BCUT2D eigenvalue weighted by Crippen LogP contribution is -2.35. The number of hydrogen-bond donors (Lipinski definition) is 1. The van der Waals surface area contributed by atoms with Crippen molar-refractivity contribution in [2.24, 2.45) is 0 Å². The van der Waals surface area contributed by atoms with E-state index in [2.05, 4.69) is 15.0 Å². The molecule has 142 valence electrons. The Bertz CT molecular complexity index is 908. The van der Waals surface area contributed by atoms with Gasteiger partial charge in [0.05, 0.1) is 24.9 Å². The molecular formula is C18H19N3O5S. The molecule has 8 nitrogen and oxygen atoms in total. The van der Waals surface area contributed by atoms with Gasteiger partial charge in [0.15, 0.2) is 11.7 Å². The summed E-state index contributed by atoms with van der Waals surface area (Å²) in [5.74, 6) is -0.209. The number of thiazole rings is 1. The summed E-state index contributed by atoms with van der Waals surface area (Å²) in [7, 11) is 2.99. The first-order valence-electron chi connectivity index (χ1n) is 8.27. The van der Waals surface area contributed by atoms with Crippen LogP contribution in [0.15, 0.2) is 18.2 Å². The molecule has 0 spiro atoms. The Kier molecular flexibility index (Phi) is 5.41. The summed E-state index contributed by atoms with van der Waals surface area (Å²) >= 11 is 1.35. The van der Waals surface area contributed by atoms with Crippen LogP contribution in [0.25, 0.3) is 11.3 Å². The molecule has 0 radical (unpaired) electrons. The third kappa shape index (κ3) is 4.08. The lowest BCUT2D eigenvalue weighted by molar-refractivity contribution is -0.141. The Balaban J connectivity index is 1.78. The van der Waals surface area contributed by atoms with Gasteiger partial charge >= 0.3 is 5.97 Å². The summed E-state index contributed by atoms with van der Waals surface area (Å²) in [5, 5.41) is 3.16. The minimum Gasteiger partial charge on any atom is -0.482 e. The molecule has 0 saturated carbocycles. The van der Waals surface area contributed by atoms with Crippen LogP contribution in [-0.4, -0.2) is 43.5 Å². The summed E-state index contributed by atoms with van der Waals surface area (Å²) < 4.78 is 9.96. The van der Waals surface area contributed by atoms with Crippen LogP contribution in [-0.2, 0) is 19.1 Å². The number of likely N-dealkylation sites (N-methyl/N-ethyl adjacent to an activating group) is 1. The number of nitrogens with one attached hydrogen (secondary N) is 1. The van der Waals surface area contributed by atoms with E-state index in [0.717, 1.165) is 16.1 Å². The molecule has 0 atom stereocenters. The maximum absolute atomic E-state index is 11.9. The Morgan fingerprint density at radius 1 is 1.37 bits per heavy atom. The number of rotatable bonds is 5. The van der Waals surface area contributed by atoms with Gasteiger partial charge in [-0.15, -0.1) is 11.3 Å². The van der Waals surface area contributed by atoms with Gasteiger partial charge in [0.25, 0.3) is 5.91 Å². The Labute approximate surface area is 160 Å². The van der Waals surface area contributed by atoms with Gasteiger partial charge in [0.2, 0.25) is 5.91 Å². The average molecular weight is 389 g/mol. The molecule has 0 unspecified atom stereocenters. The molecule has 2 aromatic rings. The number of aryl methyl sites for hydroxylation is 1. The molecule has 1 aromatic carbocycles. The van der Waals surface area contributed by atoms with Crippen molar-refractivity contribution in [1.82, 2.24) is 4.98 Å². The van der Waals surface area contributed by atoms with E-state index in [1.54, 1.807) is 18.0 Å². The number of ether oxygens (including phenoxy) is 2. The molecule has 2 amide bonds. The van der Waals surface area contributed by atoms with Crippen LogP contribution in [0, 0.1) is 6.92 Å². The fourth-order valence-electron chi connectivity index (χ4n) is 2.64. The first-order chi connectivity index (χ1) is 12.9. The van der Waals surface area contributed by atoms with Gasteiger partial charge in [0, 0.05) is 23.9 Å². The van der Waals surface area contributed by atoms with Crippen LogP contribution in [0.5, 0.6) is 5.75 Å². The predicted molar refractivity (Wildman–Crippen MR) is 101 cm³/mol. The van der Waals surface area contributed by atoms with Crippen molar-refractivity contribution in [2.45, 2.75) is 19.8 Å². The van der Waals surface area contributed by atoms with Crippen molar-refractivity contribution < 1.29 is 23.9 Å². The summed E-state index contributed by atoms with van der Waals surface area (Å²) in [5.41, 5.74) is 2.22. The van der Waals surface area contributed by atoms with E-state index in [1.165, 1.54) is 18.4 Å². The van der Waals surface area contributed by atoms with Gasteiger partial charge in [-0.05, 0) is 25.1 Å². The van der Waals surface area contributed by atoms with E-state index in [4.69, 9.17) is 4.74 Å². The normalized spacial score (nSPS) is 13.0. The number of benzene rings is 1. The van der Waals surface area contributed by atoms with Gasteiger partial charge in [-0.2, -0.15) is 0 Å². The molecule has 9 heteroatoms. The molecule has 0 fully saturated rings. The maximum Gasteiger partial charge on any atom is 0.306 e. The highest BCUT2D eigenvalue weighted by molar-refractivity contribution is 7.16. The lowest BCUT2D eigenvalue weighted by Gasteiger charge is -2.26. The van der Waals surface area contributed by atoms with Crippen molar-refractivity contribution in [1.29, 1.82) is 0 Å². The maximum atomic E-state index is 11.9.